The molecule has 1 N–H and O–H groups in total. The summed E-state index contributed by atoms with van der Waals surface area (Å²) in [5, 5.41) is 3.01. The number of nitrogens with one attached hydrogen (secondary N) is 1. The maximum Gasteiger partial charge on any atom is 0.255 e. The predicted molar refractivity (Wildman–Crippen MR) is 88.6 cm³/mol. The van der Waals surface area contributed by atoms with E-state index < -0.39 is 0 Å². The van der Waals surface area contributed by atoms with E-state index in [-0.39, 0.29) is 11.9 Å². The van der Waals surface area contributed by atoms with Crippen LogP contribution >= 0.6 is 15.9 Å². The molecule has 2 aromatic rings. The van der Waals surface area contributed by atoms with Crippen molar-refractivity contribution in [2.24, 2.45) is 0 Å². The van der Waals surface area contributed by atoms with E-state index in [0.29, 0.717) is 11.4 Å². The largest absolute Gasteiger partial charge is 0.362 e. The van der Waals surface area contributed by atoms with Gasteiger partial charge < -0.3 is 10.2 Å². The highest BCUT2D eigenvalue weighted by atomic mass is 79.9. The lowest BCUT2D eigenvalue weighted by Gasteiger charge is -2.19. The molecule has 0 saturated heterocycles. The number of benzene rings is 1. The van der Waals surface area contributed by atoms with Gasteiger partial charge >= 0.3 is 0 Å². The van der Waals surface area contributed by atoms with Crippen LogP contribution in [-0.4, -0.2) is 25.0 Å². The predicted octanol–water partition coefficient (Wildman–Crippen LogP) is 3.40. The second-order valence-corrected chi connectivity index (χ2v) is 5.84. The molecular formula is C16H18BrN3O. The van der Waals surface area contributed by atoms with Crippen molar-refractivity contribution in [1.29, 1.82) is 0 Å². The molecular weight excluding hydrogens is 330 g/mol. The molecule has 0 aliphatic heterocycles. The number of hydrogen-bond acceptors (Lipinski definition) is 3. The molecule has 0 aliphatic rings. The summed E-state index contributed by atoms with van der Waals surface area (Å²) in [5.74, 6) is 0.532. The van der Waals surface area contributed by atoms with Gasteiger partial charge in [-0.15, -0.1) is 0 Å². The van der Waals surface area contributed by atoms with Crippen LogP contribution in [0, 0.1) is 0 Å². The van der Waals surface area contributed by atoms with Crippen molar-refractivity contribution in [3.63, 3.8) is 0 Å². The number of amides is 1. The molecule has 0 fully saturated rings. The zero-order valence-corrected chi connectivity index (χ0v) is 13.9. The SMILES string of the molecule is C[C@H](NC(=O)c1cccnc1N(C)C)c1ccccc1Br. The van der Waals surface area contributed by atoms with Crippen molar-refractivity contribution in [3.05, 3.63) is 58.2 Å². The van der Waals surface area contributed by atoms with Crippen molar-refractivity contribution in [2.75, 3.05) is 19.0 Å². The fraction of sp³-hybridized carbons (Fsp3) is 0.250. The number of nitrogens with zero attached hydrogens (tertiary/aromatic N) is 2. The maximum absolute atomic E-state index is 12.5. The Bertz CT molecular complexity index is 643. The number of rotatable bonds is 4. The quantitative estimate of drug-likeness (QED) is 0.921. The monoisotopic (exact) mass is 347 g/mol. The van der Waals surface area contributed by atoms with Crippen molar-refractivity contribution in [1.82, 2.24) is 10.3 Å². The summed E-state index contributed by atoms with van der Waals surface area (Å²) in [6.07, 6.45) is 1.68. The lowest BCUT2D eigenvalue weighted by molar-refractivity contribution is 0.0940. The number of carbonyl (C=O) groups excluding carboxylic acids is 1. The average Bonchev–Trinajstić information content (AvgIpc) is 2.47. The van der Waals surface area contributed by atoms with Gasteiger partial charge in [-0.3, -0.25) is 4.79 Å². The van der Waals surface area contributed by atoms with Crippen LogP contribution in [0.4, 0.5) is 5.82 Å². The first-order chi connectivity index (χ1) is 10.0. The first-order valence-corrected chi connectivity index (χ1v) is 7.47. The van der Waals surface area contributed by atoms with Gasteiger partial charge in [0.05, 0.1) is 11.6 Å². The van der Waals surface area contributed by atoms with Gasteiger partial charge in [-0.2, -0.15) is 0 Å². The van der Waals surface area contributed by atoms with E-state index in [1.54, 1.807) is 18.3 Å². The van der Waals surface area contributed by atoms with Gasteiger partial charge in [0.25, 0.3) is 5.91 Å². The molecule has 1 aromatic heterocycles. The van der Waals surface area contributed by atoms with Gasteiger partial charge in [0, 0.05) is 24.8 Å². The molecule has 4 nitrogen and oxygen atoms in total. The second kappa shape index (κ2) is 6.72. The average molecular weight is 348 g/mol. The normalized spacial score (nSPS) is 11.8. The van der Waals surface area contributed by atoms with E-state index in [1.165, 1.54) is 0 Å². The highest BCUT2D eigenvalue weighted by molar-refractivity contribution is 9.10. The van der Waals surface area contributed by atoms with Gasteiger partial charge in [0.15, 0.2) is 0 Å². The van der Waals surface area contributed by atoms with Gasteiger partial charge in [-0.05, 0) is 30.7 Å². The summed E-state index contributed by atoms with van der Waals surface area (Å²) < 4.78 is 0.983. The molecule has 0 unspecified atom stereocenters. The van der Waals surface area contributed by atoms with Crippen LogP contribution in [0.1, 0.15) is 28.9 Å². The zero-order valence-electron chi connectivity index (χ0n) is 12.3. The van der Waals surface area contributed by atoms with Gasteiger partial charge in [-0.1, -0.05) is 34.1 Å². The molecule has 0 radical (unpaired) electrons. The zero-order chi connectivity index (χ0) is 15.4. The fourth-order valence-corrected chi connectivity index (χ4v) is 2.74. The molecule has 1 atom stereocenters. The molecule has 1 heterocycles. The summed E-state index contributed by atoms with van der Waals surface area (Å²) in [6.45, 7) is 1.96. The van der Waals surface area contributed by atoms with Crippen LogP contribution < -0.4 is 10.2 Å². The van der Waals surface area contributed by atoms with E-state index >= 15 is 0 Å². The molecule has 0 bridgehead atoms. The number of carbonyl (C=O) groups is 1. The number of halogens is 1. The van der Waals surface area contributed by atoms with Crippen molar-refractivity contribution in [2.45, 2.75) is 13.0 Å². The molecule has 110 valence electrons. The molecule has 2 rings (SSSR count). The van der Waals surface area contributed by atoms with Crippen LogP contribution in [0.3, 0.4) is 0 Å². The van der Waals surface area contributed by atoms with Crippen LogP contribution in [0.2, 0.25) is 0 Å². The Balaban J connectivity index is 2.21. The van der Waals surface area contributed by atoms with E-state index in [0.717, 1.165) is 10.0 Å². The van der Waals surface area contributed by atoms with Crippen molar-refractivity contribution < 1.29 is 4.79 Å². The molecule has 1 amide bonds. The Kier molecular flexibility index (Phi) is 4.96. The molecule has 5 heteroatoms. The van der Waals surface area contributed by atoms with Crippen LogP contribution in [0.5, 0.6) is 0 Å². The standard InChI is InChI=1S/C16H18BrN3O/c1-11(12-7-4-5-9-14(12)17)19-16(21)13-8-6-10-18-15(13)20(2)3/h4-11H,1-3H3,(H,19,21)/t11-/m0/s1. The lowest BCUT2D eigenvalue weighted by atomic mass is 10.1. The first kappa shape index (κ1) is 15.5. The third kappa shape index (κ3) is 3.61. The molecule has 1 aromatic carbocycles. The second-order valence-electron chi connectivity index (χ2n) is 4.99. The van der Waals surface area contributed by atoms with E-state index in [1.807, 2.05) is 50.2 Å². The first-order valence-electron chi connectivity index (χ1n) is 6.68. The number of hydrogen-bond donors (Lipinski definition) is 1. The number of pyridine rings is 1. The van der Waals surface area contributed by atoms with Crippen LogP contribution in [0.15, 0.2) is 47.1 Å². The smallest absolute Gasteiger partial charge is 0.255 e. The highest BCUT2D eigenvalue weighted by Gasteiger charge is 2.17. The summed E-state index contributed by atoms with van der Waals surface area (Å²) in [4.78, 5) is 18.6. The van der Waals surface area contributed by atoms with Crippen LogP contribution in [-0.2, 0) is 0 Å². The Labute approximate surface area is 133 Å². The molecule has 0 spiro atoms. The Hall–Kier alpha value is -1.88. The van der Waals surface area contributed by atoms with E-state index in [9.17, 15) is 4.79 Å². The lowest BCUT2D eigenvalue weighted by Crippen LogP contribution is -2.29. The van der Waals surface area contributed by atoms with Crippen molar-refractivity contribution >= 4 is 27.7 Å². The third-order valence-electron chi connectivity index (χ3n) is 3.17. The minimum Gasteiger partial charge on any atom is -0.362 e. The Morgan fingerprint density at radius 2 is 1.95 bits per heavy atom. The molecule has 21 heavy (non-hydrogen) atoms. The topological polar surface area (TPSA) is 45.2 Å². The van der Waals surface area contributed by atoms with Gasteiger partial charge in [-0.25, -0.2) is 4.98 Å². The van der Waals surface area contributed by atoms with E-state index in [4.69, 9.17) is 0 Å². The van der Waals surface area contributed by atoms with Crippen LogP contribution in [0.25, 0.3) is 0 Å². The summed E-state index contributed by atoms with van der Waals surface area (Å²) in [7, 11) is 3.74. The molecule has 0 saturated carbocycles. The summed E-state index contributed by atoms with van der Waals surface area (Å²) in [5.41, 5.74) is 1.61. The highest BCUT2D eigenvalue weighted by Crippen LogP contribution is 2.23. The molecule has 0 aliphatic carbocycles. The van der Waals surface area contributed by atoms with Gasteiger partial charge in [0.1, 0.15) is 5.82 Å². The van der Waals surface area contributed by atoms with Gasteiger partial charge in [0.2, 0.25) is 0 Å². The minimum absolute atomic E-state index is 0.0942. The fourth-order valence-electron chi connectivity index (χ4n) is 2.11. The van der Waals surface area contributed by atoms with Crippen molar-refractivity contribution in [3.8, 4) is 0 Å². The third-order valence-corrected chi connectivity index (χ3v) is 3.90. The summed E-state index contributed by atoms with van der Waals surface area (Å²) >= 11 is 3.51. The Morgan fingerprint density at radius 3 is 2.62 bits per heavy atom. The Morgan fingerprint density at radius 1 is 1.24 bits per heavy atom. The number of anilines is 1. The summed E-state index contributed by atoms with van der Waals surface area (Å²) in [6, 6.07) is 11.3. The van der Waals surface area contributed by atoms with E-state index in [2.05, 4.69) is 26.2 Å². The number of aromatic nitrogens is 1. The maximum atomic E-state index is 12.5. The minimum atomic E-state index is -0.130.